The number of hydrogen-bond acceptors (Lipinski definition) is 2. The van der Waals surface area contributed by atoms with Crippen LogP contribution in [0.5, 0.6) is 5.75 Å². The lowest BCUT2D eigenvalue weighted by molar-refractivity contribution is 0.415. The zero-order chi connectivity index (χ0) is 10.4. The van der Waals surface area contributed by atoms with Gasteiger partial charge in [0.25, 0.3) is 0 Å². The second-order valence-corrected chi connectivity index (χ2v) is 3.30. The van der Waals surface area contributed by atoms with E-state index in [4.69, 9.17) is 4.74 Å². The van der Waals surface area contributed by atoms with Gasteiger partial charge in [0.2, 0.25) is 0 Å². The summed E-state index contributed by atoms with van der Waals surface area (Å²) < 4.78 is 5.14. The van der Waals surface area contributed by atoms with Gasteiger partial charge in [-0.1, -0.05) is 12.1 Å². The molecule has 0 bridgehead atoms. The molecule has 1 aromatic carbocycles. The Hall–Kier alpha value is -1.44. The molecule has 0 saturated heterocycles. The summed E-state index contributed by atoms with van der Waals surface area (Å²) >= 11 is 0. The van der Waals surface area contributed by atoms with Gasteiger partial charge in [0, 0.05) is 17.8 Å². The SMILES string of the molecule is C=CCC(C)Nc1cccc(OC)c1. The van der Waals surface area contributed by atoms with Crippen molar-refractivity contribution in [3.8, 4) is 5.75 Å². The Kier molecular flexibility index (Phi) is 4.05. The average molecular weight is 191 g/mol. The molecule has 1 unspecified atom stereocenters. The van der Waals surface area contributed by atoms with Crippen molar-refractivity contribution in [2.75, 3.05) is 12.4 Å². The van der Waals surface area contributed by atoms with Gasteiger partial charge in [0.15, 0.2) is 0 Å². The molecule has 76 valence electrons. The third-order valence-electron chi connectivity index (χ3n) is 2.00. The van der Waals surface area contributed by atoms with Crippen LogP contribution in [0.15, 0.2) is 36.9 Å². The third kappa shape index (κ3) is 3.13. The Morgan fingerprint density at radius 2 is 2.36 bits per heavy atom. The van der Waals surface area contributed by atoms with Crippen molar-refractivity contribution in [2.24, 2.45) is 0 Å². The van der Waals surface area contributed by atoms with Crippen LogP contribution in [0, 0.1) is 0 Å². The minimum atomic E-state index is 0.402. The van der Waals surface area contributed by atoms with Gasteiger partial charge in [-0.15, -0.1) is 6.58 Å². The summed E-state index contributed by atoms with van der Waals surface area (Å²) in [6.45, 7) is 5.84. The van der Waals surface area contributed by atoms with Gasteiger partial charge in [-0.05, 0) is 25.5 Å². The molecular weight excluding hydrogens is 174 g/mol. The molecule has 0 saturated carbocycles. The second kappa shape index (κ2) is 5.32. The van der Waals surface area contributed by atoms with Gasteiger partial charge in [0.05, 0.1) is 7.11 Å². The molecule has 0 aliphatic rings. The van der Waals surface area contributed by atoms with E-state index in [1.807, 2.05) is 30.3 Å². The summed E-state index contributed by atoms with van der Waals surface area (Å²) in [4.78, 5) is 0. The lowest BCUT2D eigenvalue weighted by Gasteiger charge is -2.13. The number of rotatable bonds is 5. The molecule has 0 radical (unpaired) electrons. The highest BCUT2D eigenvalue weighted by molar-refractivity contribution is 5.48. The number of nitrogens with one attached hydrogen (secondary N) is 1. The first-order valence-electron chi connectivity index (χ1n) is 4.77. The summed E-state index contributed by atoms with van der Waals surface area (Å²) in [7, 11) is 1.67. The molecule has 0 heterocycles. The number of methoxy groups -OCH3 is 1. The fourth-order valence-electron chi connectivity index (χ4n) is 1.31. The average Bonchev–Trinajstić information content (AvgIpc) is 2.18. The highest BCUT2D eigenvalue weighted by Gasteiger charge is 1.99. The summed E-state index contributed by atoms with van der Waals surface area (Å²) in [5, 5.41) is 3.37. The maximum Gasteiger partial charge on any atom is 0.120 e. The predicted molar refractivity (Wildman–Crippen MR) is 60.9 cm³/mol. The molecular formula is C12H17NO. The quantitative estimate of drug-likeness (QED) is 0.722. The number of benzene rings is 1. The molecule has 0 amide bonds. The minimum Gasteiger partial charge on any atom is -0.497 e. The Morgan fingerprint density at radius 1 is 1.57 bits per heavy atom. The van der Waals surface area contributed by atoms with Crippen LogP contribution in [0.4, 0.5) is 5.69 Å². The van der Waals surface area contributed by atoms with Crippen LogP contribution in [0.25, 0.3) is 0 Å². The lowest BCUT2D eigenvalue weighted by atomic mass is 10.2. The Morgan fingerprint density at radius 3 is 3.00 bits per heavy atom. The van der Waals surface area contributed by atoms with Crippen LogP contribution in [-0.4, -0.2) is 13.2 Å². The number of hydrogen-bond donors (Lipinski definition) is 1. The summed E-state index contributed by atoms with van der Waals surface area (Å²) in [6, 6.07) is 8.33. The third-order valence-corrected chi connectivity index (χ3v) is 2.00. The first-order chi connectivity index (χ1) is 6.76. The molecule has 14 heavy (non-hydrogen) atoms. The zero-order valence-corrected chi connectivity index (χ0v) is 8.79. The first-order valence-corrected chi connectivity index (χ1v) is 4.77. The van der Waals surface area contributed by atoms with E-state index in [1.165, 1.54) is 0 Å². The monoisotopic (exact) mass is 191 g/mol. The molecule has 2 heteroatoms. The molecule has 1 N–H and O–H groups in total. The fourth-order valence-corrected chi connectivity index (χ4v) is 1.31. The molecule has 2 nitrogen and oxygen atoms in total. The van der Waals surface area contributed by atoms with Crippen molar-refractivity contribution < 1.29 is 4.74 Å². The molecule has 0 aliphatic carbocycles. The van der Waals surface area contributed by atoms with Crippen molar-refractivity contribution in [3.05, 3.63) is 36.9 Å². The normalized spacial score (nSPS) is 11.9. The Bertz CT molecular complexity index is 296. The largest absolute Gasteiger partial charge is 0.497 e. The topological polar surface area (TPSA) is 21.3 Å². The molecule has 0 aromatic heterocycles. The van der Waals surface area contributed by atoms with Crippen molar-refractivity contribution in [3.63, 3.8) is 0 Å². The van der Waals surface area contributed by atoms with Crippen LogP contribution in [0.1, 0.15) is 13.3 Å². The predicted octanol–water partition coefficient (Wildman–Crippen LogP) is 3.07. The molecule has 1 atom stereocenters. The van der Waals surface area contributed by atoms with Gasteiger partial charge in [-0.25, -0.2) is 0 Å². The fraction of sp³-hybridized carbons (Fsp3) is 0.333. The van der Waals surface area contributed by atoms with E-state index in [0.717, 1.165) is 17.9 Å². The van der Waals surface area contributed by atoms with Crippen LogP contribution in [-0.2, 0) is 0 Å². The van der Waals surface area contributed by atoms with Crippen LogP contribution in [0.2, 0.25) is 0 Å². The van der Waals surface area contributed by atoms with E-state index in [1.54, 1.807) is 7.11 Å². The van der Waals surface area contributed by atoms with Crippen LogP contribution in [0.3, 0.4) is 0 Å². The maximum absolute atomic E-state index is 5.14. The van der Waals surface area contributed by atoms with E-state index in [0.29, 0.717) is 6.04 Å². The highest BCUT2D eigenvalue weighted by atomic mass is 16.5. The number of ether oxygens (including phenoxy) is 1. The maximum atomic E-state index is 5.14. The van der Waals surface area contributed by atoms with E-state index in [-0.39, 0.29) is 0 Å². The van der Waals surface area contributed by atoms with Gasteiger partial charge in [-0.3, -0.25) is 0 Å². The Balaban J connectivity index is 2.61. The standard InChI is InChI=1S/C12H17NO/c1-4-6-10(2)13-11-7-5-8-12(9-11)14-3/h4-5,7-10,13H,1,6H2,2-3H3. The van der Waals surface area contributed by atoms with Crippen LogP contribution < -0.4 is 10.1 Å². The van der Waals surface area contributed by atoms with Gasteiger partial charge >= 0.3 is 0 Å². The van der Waals surface area contributed by atoms with Crippen LogP contribution >= 0.6 is 0 Å². The first kappa shape index (κ1) is 10.6. The summed E-state index contributed by atoms with van der Waals surface area (Å²) in [5.74, 6) is 0.876. The van der Waals surface area contributed by atoms with E-state index < -0.39 is 0 Å². The molecule has 1 rings (SSSR count). The van der Waals surface area contributed by atoms with E-state index in [2.05, 4.69) is 18.8 Å². The zero-order valence-electron chi connectivity index (χ0n) is 8.79. The van der Waals surface area contributed by atoms with Crippen molar-refractivity contribution in [1.82, 2.24) is 0 Å². The molecule has 0 spiro atoms. The smallest absolute Gasteiger partial charge is 0.120 e. The number of anilines is 1. The van der Waals surface area contributed by atoms with E-state index >= 15 is 0 Å². The lowest BCUT2D eigenvalue weighted by Crippen LogP contribution is -2.13. The molecule has 0 aliphatic heterocycles. The van der Waals surface area contributed by atoms with Gasteiger partial charge < -0.3 is 10.1 Å². The molecule has 0 fully saturated rings. The van der Waals surface area contributed by atoms with Gasteiger partial charge in [-0.2, -0.15) is 0 Å². The summed E-state index contributed by atoms with van der Waals surface area (Å²) in [5.41, 5.74) is 1.08. The minimum absolute atomic E-state index is 0.402. The second-order valence-electron chi connectivity index (χ2n) is 3.30. The molecule has 1 aromatic rings. The summed E-state index contributed by atoms with van der Waals surface area (Å²) in [6.07, 6.45) is 2.87. The van der Waals surface area contributed by atoms with E-state index in [9.17, 15) is 0 Å². The van der Waals surface area contributed by atoms with Crippen molar-refractivity contribution in [2.45, 2.75) is 19.4 Å². The van der Waals surface area contributed by atoms with Crippen molar-refractivity contribution in [1.29, 1.82) is 0 Å². The Labute approximate surface area is 85.6 Å². The van der Waals surface area contributed by atoms with Gasteiger partial charge in [0.1, 0.15) is 5.75 Å². The van der Waals surface area contributed by atoms with Crippen molar-refractivity contribution >= 4 is 5.69 Å². The highest BCUT2D eigenvalue weighted by Crippen LogP contribution is 2.17.